The summed E-state index contributed by atoms with van der Waals surface area (Å²) < 4.78 is 49.2. The van der Waals surface area contributed by atoms with E-state index in [2.05, 4.69) is 0 Å². The van der Waals surface area contributed by atoms with Crippen LogP contribution in [-0.2, 0) is 17.5 Å². The summed E-state index contributed by atoms with van der Waals surface area (Å²) >= 11 is 0. The fourth-order valence-corrected chi connectivity index (χ4v) is 3.14. The number of carbonyl (C=O) groups excluding carboxylic acids is 1. The van der Waals surface area contributed by atoms with E-state index in [1.807, 2.05) is 31.2 Å². The minimum atomic E-state index is -4.42. The molecule has 4 nitrogen and oxygen atoms in total. The van der Waals surface area contributed by atoms with Gasteiger partial charge in [-0.1, -0.05) is 12.1 Å². The van der Waals surface area contributed by atoms with Crippen molar-refractivity contribution in [1.29, 1.82) is 0 Å². The zero-order chi connectivity index (χ0) is 21.0. The Kier molecular flexibility index (Phi) is 6.47. The molecule has 0 spiro atoms. The number of carbonyl (C=O) groups is 1. The maximum Gasteiger partial charge on any atom is 0.416 e. The van der Waals surface area contributed by atoms with E-state index in [1.165, 1.54) is 12.1 Å². The third-order valence-electron chi connectivity index (χ3n) is 4.70. The smallest absolute Gasteiger partial charge is 0.416 e. The van der Waals surface area contributed by atoms with Crippen molar-refractivity contribution in [2.45, 2.75) is 44.6 Å². The highest BCUT2D eigenvalue weighted by atomic mass is 19.4. The Balaban J connectivity index is 1.73. The van der Waals surface area contributed by atoms with Gasteiger partial charge in [-0.15, -0.1) is 0 Å². The van der Waals surface area contributed by atoms with Crippen LogP contribution in [0.2, 0.25) is 0 Å². The van der Waals surface area contributed by atoms with Crippen molar-refractivity contribution < 1.29 is 27.4 Å². The number of amides is 1. The molecule has 0 heterocycles. The second kappa shape index (κ2) is 8.86. The molecule has 0 aliphatic heterocycles. The lowest BCUT2D eigenvalue weighted by molar-refractivity contribution is -0.137. The van der Waals surface area contributed by atoms with Gasteiger partial charge in [-0.25, -0.2) is 0 Å². The van der Waals surface area contributed by atoms with E-state index in [9.17, 15) is 18.0 Å². The van der Waals surface area contributed by atoms with Gasteiger partial charge in [0.2, 0.25) is 0 Å². The largest absolute Gasteiger partial charge is 0.488 e. The van der Waals surface area contributed by atoms with Gasteiger partial charge in [0, 0.05) is 25.3 Å². The summed E-state index contributed by atoms with van der Waals surface area (Å²) in [6.07, 6.45) is -2.73. The topological polar surface area (TPSA) is 38.8 Å². The number of methoxy groups -OCH3 is 1. The SMILES string of the molecule is COCC(C)Oc1cccc(CN(C(=O)c2ccc(C(F)(F)F)cc2)C2CC2)c1. The van der Waals surface area contributed by atoms with Gasteiger partial charge in [0.1, 0.15) is 11.9 Å². The Bertz CT molecular complexity index is 832. The van der Waals surface area contributed by atoms with Gasteiger partial charge in [-0.2, -0.15) is 13.2 Å². The fourth-order valence-electron chi connectivity index (χ4n) is 3.14. The van der Waals surface area contributed by atoms with E-state index in [1.54, 1.807) is 12.0 Å². The monoisotopic (exact) mass is 407 g/mol. The first-order valence-electron chi connectivity index (χ1n) is 9.50. The van der Waals surface area contributed by atoms with Gasteiger partial charge >= 0.3 is 6.18 Å². The molecule has 0 radical (unpaired) electrons. The van der Waals surface area contributed by atoms with Crippen LogP contribution in [-0.4, -0.2) is 36.7 Å². The molecule has 1 fully saturated rings. The number of hydrogen-bond donors (Lipinski definition) is 0. The van der Waals surface area contributed by atoms with Crippen molar-refractivity contribution in [2.24, 2.45) is 0 Å². The average molecular weight is 407 g/mol. The molecule has 1 aliphatic carbocycles. The zero-order valence-corrected chi connectivity index (χ0v) is 16.4. The van der Waals surface area contributed by atoms with Crippen LogP contribution in [0.4, 0.5) is 13.2 Å². The van der Waals surface area contributed by atoms with Crippen LogP contribution in [0.15, 0.2) is 48.5 Å². The van der Waals surface area contributed by atoms with Crippen molar-refractivity contribution in [3.63, 3.8) is 0 Å². The molecule has 1 atom stereocenters. The maximum absolute atomic E-state index is 12.9. The molecule has 156 valence electrons. The second-order valence-electron chi connectivity index (χ2n) is 7.27. The number of benzene rings is 2. The van der Waals surface area contributed by atoms with Crippen molar-refractivity contribution >= 4 is 5.91 Å². The highest BCUT2D eigenvalue weighted by Crippen LogP contribution is 2.32. The Morgan fingerprint density at radius 2 is 1.86 bits per heavy atom. The third kappa shape index (κ3) is 5.73. The number of rotatable bonds is 8. The van der Waals surface area contributed by atoms with E-state index >= 15 is 0 Å². The molecule has 2 aromatic rings. The molecule has 0 bridgehead atoms. The lowest BCUT2D eigenvalue weighted by Crippen LogP contribution is -2.32. The first-order valence-corrected chi connectivity index (χ1v) is 9.50. The summed E-state index contributed by atoms with van der Waals surface area (Å²) in [5, 5.41) is 0. The molecule has 1 aliphatic rings. The highest BCUT2D eigenvalue weighted by Gasteiger charge is 2.34. The Morgan fingerprint density at radius 3 is 2.45 bits per heavy atom. The summed E-state index contributed by atoms with van der Waals surface area (Å²) in [6, 6.07) is 12.0. The number of hydrogen-bond acceptors (Lipinski definition) is 3. The normalized spacial score (nSPS) is 15.1. The van der Waals surface area contributed by atoms with Crippen molar-refractivity contribution in [2.75, 3.05) is 13.7 Å². The molecule has 0 saturated heterocycles. The fraction of sp³-hybridized carbons (Fsp3) is 0.409. The van der Waals surface area contributed by atoms with Gasteiger partial charge in [0.05, 0.1) is 12.2 Å². The molecule has 0 N–H and O–H groups in total. The Hall–Kier alpha value is -2.54. The number of alkyl halides is 3. The summed E-state index contributed by atoms with van der Waals surface area (Å²) in [7, 11) is 1.61. The van der Waals surface area contributed by atoms with Gasteiger partial charge < -0.3 is 14.4 Å². The van der Waals surface area contributed by atoms with Crippen LogP contribution < -0.4 is 4.74 Å². The zero-order valence-electron chi connectivity index (χ0n) is 16.4. The first kappa shape index (κ1) is 21.2. The van der Waals surface area contributed by atoms with Crippen molar-refractivity contribution in [1.82, 2.24) is 4.90 Å². The van der Waals surface area contributed by atoms with E-state index in [0.29, 0.717) is 18.9 Å². The Labute approximate surface area is 168 Å². The number of ether oxygens (including phenoxy) is 2. The molecule has 0 aromatic heterocycles. The minimum absolute atomic E-state index is 0.108. The Morgan fingerprint density at radius 1 is 1.17 bits per heavy atom. The van der Waals surface area contributed by atoms with Crippen LogP contribution in [0, 0.1) is 0 Å². The predicted molar refractivity (Wildman–Crippen MR) is 103 cm³/mol. The molecular formula is C22H24F3NO3. The number of halogens is 3. The summed E-state index contributed by atoms with van der Waals surface area (Å²) in [5.74, 6) is 0.421. The lowest BCUT2D eigenvalue weighted by Gasteiger charge is -2.23. The van der Waals surface area contributed by atoms with Crippen molar-refractivity contribution in [3.05, 3.63) is 65.2 Å². The van der Waals surface area contributed by atoms with Crippen LogP contribution >= 0.6 is 0 Å². The minimum Gasteiger partial charge on any atom is -0.488 e. The van der Waals surface area contributed by atoms with E-state index in [0.717, 1.165) is 30.5 Å². The molecule has 2 aromatic carbocycles. The third-order valence-corrected chi connectivity index (χ3v) is 4.70. The van der Waals surface area contributed by atoms with Gasteiger partial charge in [-0.3, -0.25) is 4.79 Å². The lowest BCUT2D eigenvalue weighted by atomic mass is 10.1. The molecule has 29 heavy (non-hydrogen) atoms. The quantitative estimate of drug-likeness (QED) is 0.623. The second-order valence-corrected chi connectivity index (χ2v) is 7.27. The summed E-state index contributed by atoms with van der Waals surface area (Å²) in [5.41, 5.74) is 0.396. The first-order chi connectivity index (χ1) is 13.8. The van der Waals surface area contributed by atoms with Gasteiger partial charge in [0.25, 0.3) is 5.91 Å². The van der Waals surface area contributed by atoms with Crippen LogP contribution in [0.3, 0.4) is 0 Å². The number of nitrogens with zero attached hydrogens (tertiary/aromatic N) is 1. The van der Waals surface area contributed by atoms with E-state index < -0.39 is 11.7 Å². The molecule has 1 amide bonds. The molecular weight excluding hydrogens is 383 g/mol. The van der Waals surface area contributed by atoms with Crippen molar-refractivity contribution in [3.8, 4) is 5.75 Å². The molecule has 1 saturated carbocycles. The van der Waals surface area contributed by atoms with Crippen LogP contribution in [0.25, 0.3) is 0 Å². The highest BCUT2D eigenvalue weighted by molar-refractivity contribution is 5.94. The summed E-state index contributed by atoms with van der Waals surface area (Å²) in [6.45, 7) is 2.74. The predicted octanol–water partition coefficient (Wildman–Crippen LogP) is 4.92. The maximum atomic E-state index is 12.9. The van der Waals surface area contributed by atoms with Crippen LogP contribution in [0.5, 0.6) is 5.75 Å². The van der Waals surface area contributed by atoms with E-state index in [-0.39, 0.29) is 23.6 Å². The molecule has 3 rings (SSSR count). The summed E-state index contributed by atoms with van der Waals surface area (Å²) in [4.78, 5) is 14.7. The van der Waals surface area contributed by atoms with Crippen LogP contribution in [0.1, 0.15) is 41.3 Å². The van der Waals surface area contributed by atoms with Gasteiger partial charge in [0.15, 0.2) is 0 Å². The standard InChI is InChI=1S/C22H24F3NO3/c1-15(14-28-2)29-20-5-3-4-16(12-20)13-26(19-10-11-19)21(27)17-6-8-18(9-7-17)22(23,24)25/h3-9,12,15,19H,10-11,13-14H2,1-2H3. The van der Waals surface area contributed by atoms with E-state index in [4.69, 9.17) is 9.47 Å². The molecule has 1 unspecified atom stereocenters. The average Bonchev–Trinajstić information content (AvgIpc) is 3.50. The molecule has 7 heteroatoms. The van der Waals surface area contributed by atoms with Gasteiger partial charge in [-0.05, 0) is 61.7 Å².